The van der Waals surface area contributed by atoms with Crippen LogP contribution < -0.4 is 10.6 Å². The van der Waals surface area contributed by atoms with Crippen LogP contribution in [0.3, 0.4) is 0 Å². The van der Waals surface area contributed by atoms with Crippen LogP contribution in [0, 0.1) is 5.41 Å². The Bertz CT molecular complexity index is 561. The van der Waals surface area contributed by atoms with Gasteiger partial charge in [0.15, 0.2) is 0 Å². The van der Waals surface area contributed by atoms with Gasteiger partial charge in [-0.3, -0.25) is 14.4 Å². The van der Waals surface area contributed by atoms with Crippen molar-refractivity contribution >= 4 is 23.5 Å². The molecule has 0 saturated carbocycles. The van der Waals surface area contributed by atoms with Gasteiger partial charge in [-0.15, -0.1) is 0 Å². The smallest absolute Gasteiger partial charge is 0.325 e. The number of rotatable bonds is 4. The van der Waals surface area contributed by atoms with E-state index in [1.807, 2.05) is 0 Å². The lowest BCUT2D eigenvalue weighted by Crippen LogP contribution is -2.39. The van der Waals surface area contributed by atoms with Crippen LogP contribution in [-0.4, -0.2) is 28.9 Å². The lowest BCUT2D eigenvalue weighted by molar-refractivity contribution is -0.138. The predicted octanol–water partition coefficient (Wildman–Crippen LogP) is 1.87. The molecule has 1 aromatic rings. The fourth-order valence-electron chi connectivity index (χ4n) is 1.44. The summed E-state index contributed by atoms with van der Waals surface area (Å²) >= 11 is 0. The second-order valence-electron chi connectivity index (χ2n) is 5.78. The molecule has 0 radical (unpaired) electrons. The first kappa shape index (κ1) is 16.7. The minimum Gasteiger partial charge on any atom is -0.480 e. The molecule has 3 N–H and O–H groups in total. The monoisotopic (exact) mass is 292 g/mol. The normalized spacial score (nSPS) is 12.4. The van der Waals surface area contributed by atoms with Crippen LogP contribution in [0.15, 0.2) is 24.3 Å². The van der Waals surface area contributed by atoms with E-state index in [0.29, 0.717) is 5.69 Å². The van der Waals surface area contributed by atoms with E-state index in [9.17, 15) is 14.4 Å². The van der Waals surface area contributed by atoms with E-state index in [-0.39, 0.29) is 11.5 Å². The van der Waals surface area contributed by atoms with Crippen molar-refractivity contribution in [1.29, 1.82) is 0 Å². The summed E-state index contributed by atoms with van der Waals surface area (Å²) in [5.41, 5.74) is -0.0199. The zero-order chi connectivity index (χ0) is 16.2. The number of hydrogen-bond donors (Lipinski definition) is 3. The molecule has 0 aliphatic heterocycles. The predicted molar refractivity (Wildman–Crippen MR) is 79.1 cm³/mol. The van der Waals surface area contributed by atoms with Gasteiger partial charge in [0, 0.05) is 5.41 Å². The van der Waals surface area contributed by atoms with Gasteiger partial charge < -0.3 is 15.7 Å². The number of carbonyl (C=O) groups is 3. The molecule has 1 atom stereocenters. The Kier molecular flexibility index (Phi) is 5.07. The van der Waals surface area contributed by atoms with Crippen molar-refractivity contribution < 1.29 is 19.5 Å². The molecule has 6 heteroatoms. The molecule has 0 aliphatic carbocycles. The summed E-state index contributed by atoms with van der Waals surface area (Å²) in [6.07, 6.45) is 0. The molecule has 0 bridgehead atoms. The van der Waals surface area contributed by atoms with Crippen LogP contribution in [0.25, 0.3) is 0 Å². The van der Waals surface area contributed by atoms with Crippen LogP contribution in [0.1, 0.15) is 38.1 Å². The number of carboxylic acid groups (broad SMARTS) is 1. The molecular formula is C15H20N2O4. The number of para-hydroxylation sites is 1. The molecule has 2 amide bonds. The summed E-state index contributed by atoms with van der Waals surface area (Å²) in [6.45, 7) is 6.66. The second kappa shape index (κ2) is 6.39. The van der Waals surface area contributed by atoms with Crippen molar-refractivity contribution in [3.63, 3.8) is 0 Å². The number of amides is 2. The average molecular weight is 292 g/mol. The van der Waals surface area contributed by atoms with Crippen LogP contribution in [0.5, 0.6) is 0 Å². The van der Waals surface area contributed by atoms with Gasteiger partial charge in [-0.05, 0) is 19.1 Å². The van der Waals surface area contributed by atoms with E-state index in [1.54, 1.807) is 39.0 Å². The quantitative estimate of drug-likeness (QED) is 0.789. The fraction of sp³-hybridized carbons (Fsp3) is 0.400. The third-order valence-corrected chi connectivity index (χ3v) is 2.82. The van der Waals surface area contributed by atoms with Crippen molar-refractivity contribution in [2.75, 3.05) is 5.32 Å². The molecule has 0 saturated heterocycles. The highest BCUT2D eigenvalue weighted by Gasteiger charge is 2.23. The summed E-state index contributed by atoms with van der Waals surface area (Å²) in [6, 6.07) is 5.46. The Morgan fingerprint density at radius 1 is 1.14 bits per heavy atom. The zero-order valence-electron chi connectivity index (χ0n) is 12.6. The van der Waals surface area contributed by atoms with Crippen LogP contribution in [0.2, 0.25) is 0 Å². The zero-order valence-corrected chi connectivity index (χ0v) is 12.6. The largest absolute Gasteiger partial charge is 0.480 e. The van der Waals surface area contributed by atoms with Crippen LogP contribution >= 0.6 is 0 Å². The van der Waals surface area contributed by atoms with Gasteiger partial charge in [-0.2, -0.15) is 0 Å². The summed E-state index contributed by atoms with van der Waals surface area (Å²) < 4.78 is 0. The number of anilines is 1. The van der Waals surface area contributed by atoms with Gasteiger partial charge in [0.1, 0.15) is 6.04 Å². The Morgan fingerprint density at radius 3 is 2.24 bits per heavy atom. The van der Waals surface area contributed by atoms with Crippen LogP contribution in [-0.2, 0) is 9.59 Å². The summed E-state index contributed by atoms with van der Waals surface area (Å²) in [4.78, 5) is 34.9. The highest BCUT2D eigenvalue weighted by molar-refractivity contribution is 6.05. The lowest BCUT2D eigenvalue weighted by atomic mass is 9.95. The highest BCUT2D eigenvalue weighted by atomic mass is 16.4. The molecule has 21 heavy (non-hydrogen) atoms. The van der Waals surface area contributed by atoms with E-state index >= 15 is 0 Å². The van der Waals surface area contributed by atoms with E-state index < -0.39 is 23.3 Å². The van der Waals surface area contributed by atoms with E-state index in [0.717, 1.165) is 0 Å². The molecular weight excluding hydrogens is 272 g/mol. The van der Waals surface area contributed by atoms with Crippen molar-refractivity contribution in [2.24, 2.45) is 5.41 Å². The fourth-order valence-corrected chi connectivity index (χ4v) is 1.44. The van der Waals surface area contributed by atoms with Gasteiger partial charge in [-0.1, -0.05) is 32.9 Å². The molecule has 6 nitrogen and oxygen atoms in total. The molecule has 0 unspecified atom stereocenters. The summed E-state index contributed by atoms with van der Waals surface area (Å²) in [5.74, 6) is -1.90. The van der Waals surface area contributed by atoms with Gasteiger partial charge >= 0.3 is 5.97 Å². The summed E-state index contributed by atoms with van der Waals surface area (Å²) in [7, 11) is 0. The number of carboxylic acids is 1. The third kappa shape index (κ3) is 4.59. The number of hydrogen-bond acceptors (Lipinski definition) is 3. The minimum atomic E-state index is -1.13. The van der Waals surface area contributed by atoms with Gasteiger partial charge in [-0.25, -0.2) is 0 Å². The van der Waals surface area contributed by atoms with Crippen LogP contribution in [0.4, 0.5) is 5.69 Å². The van der Waals surface area contributed by atoms with Gasteiger partial charge in [0.2, 0.25) is 5.91 Å². The molecule has 1 rings (SSSR count). The molecule has 0 spiro atoms. The van der Waals surface area contributed by atoms with Crippen molar-refractivity contribution in [1.82, 2.24) is 5.32 Å². The lowest BCUT2D eigenvalue weighted by Gasteiger charge is -2.19. The van der Waals surface area contributed by atoms with Crippen molar-refractivity contribution in [3.8, 4) is 0 Å². The molecule has 0 aromatic heterocycles. The minimum absolute atomic E-state index is 0.225. The Hall–Kier alpha value is -2.37. The maximum Gasteiger partial charge on any atom is 0.325 e. The maximum atomic E-state index is 12.1. The van der Waals surface area contributed by atoms with Gasteiger partial charge in [0.05, 0.1) is 11.3 Å². The molecule has 0 fully saturated rings. The Morgan fingerprint density at radius 2 is 1.71 bits per heavy atom. The topological polar surface area (TPSA) is 95.5 Å². The average Bonchev–Trinajstić information content (AvgIpc) is 2.37. The number of nitrogens with one attached hydrogen (secondary N) is 2. The van der Waals surface area contributed by atoms with E-state index in [1.165, 1.54) is 13.0 Å². The SMILES string of the molecule is C[C@@H](NC(=O)c1ccccc1NC(=O)C(C)(C)C)C(=O)O. The molecule has 1 aromatic carbocycles. The van der Waals surface area contributed by atoms with E-state index in [2.05, 4.69) is 10.6 Å². The summed E-state index contributed by atoms with van der Waals surface area (Å²) in [5, 5.41) is 13.9. The van der Waals surface area contributed by atoms with Crippen molar-refractivity contribution in [2.45, 2.75) is 33.7 Å². The number of carbonyl (C=O) groups excluding carboxylic acids is 2. The first-order valence-electron chi connectivity index (χ1n) is 6.57. The first-order chi connectivity index (χ1) is 9.62. The second-order valence-corrected chi connectivity index (χ2v) is 5.78. The Labute approximate surface area is 123 Å². The molecule has 114 valence electrons. The highest BCUT2D eigenvalue weighted by Crippen LogP contribution is 2.20. The number of benzene rings is 1. The number of aliphatic carboxylic acids is 1. The molecule has 0 aliphatic rings. The van der Waals surface area contributed by atoms with Gasteiger partial charge in [0.25, 0.3) is 5.91 Å². The maximum absolute atomic E-state index is 12.1. The third-order valence-electron chi connectivity index (χ3n) is 2.82. The standard InChI is InChI=1S/C15H20N2O4/c1-9(13(19)20)16-12(18)10-7-5-6-8-11(10)17-14(21)15(2,3)4/h5-9H,1-4H3,(H,16,18)(H,17,21)(H,19,20)/t9-/m1/s1. The van der Waals surface area contributed by atoms with E-state index in [4.69, 9.17) is 5.11 Å². The molecule has 0 heterocycles. The Balaban J connectivity index is 2.97. The first-order valence-corrected chi connectivity index (χ1v) is 6.57. The van der Waals surface area contributed by atoms with Crippen molar-refractivity contribution in [3.05, 3.63) is 29.8 Å².